The van der Waals surface area contributed by atoms with Crippen LogP contribution in [0.15, 0.2) is 18.2 Å². The lowest BCUT2D eigenvalue weighted by atomic mass is 9.88. The Bertz CT molecular complexity index is 421. The van der Waals surface area contributed by atoms with E-state index in [0.717, 1.165) is 19.0 Å². The molecule has 0 amide bonds. The van der Waals surface area contributed by atoms with Crippen LogP contribution in [0.2, 0.25) is 0 Å². The van der Waals surface area contributed by atoms with Crippen LogP contribution in [0, 0.1) is 5.92 Å². The molecule has 19 heavy (non-hydrogen) atoms. The minimum Gasteiger partial charge on any atom is -0.374 e. The number of hydrogen-bond donors (Lipinski definition) is 1. The molecule has 0 spiro atoms. The van der Waals surface area contributed by atoms with Crippen LogP contribution in [0.4, 0.5) is 5.69 Å². The SMILES string of the molecule is CN(CC1CCCCC1)c1cccc2c1CCNC2. The van der Waals surface area contributed by atoms with Crippen molar-refractivity contribution in [1.82, 2.24) is 5.32 Å². The molecule has 0 saturated heterocycles. The lowest BCUT2D eigenvalue weighted by molar-refractivity contribution is 0.362. The van der Waals surface area contributed by atoms with Gasteiger partial charge in [-0.05, 0) is 48.9 Å². The molecule has 2 nitrogen and oxygen atoms in total. The van der Waals surface area contributed by atoms with Crippen LogP contribution in [0.25, 0.3) is 0 Å². The summed E-state index contributed by atoms with van der Waals surface area (Å²) in [5, 5.41) is 3.47. The first-order chi connectivity index (χ1) is 9.34. The Labute approximate surface area is 117 Å². The van der Waals surface area contributed by atoms with Crippen molar-refractivity contribution in [2.75, 3.05) is 25.0 Å². The molecule has 0 bridgehead atoms. The number of rotatable bonds is 3. The predicted octanol–water partition coefficient (Wildman–Crippen LogP) is 3.35. The zero-order chi connectivity index (χ0) is 13.1. The molecule has 1 saturated carbocycles. The monoisotopic (exact) mass is 258 g/mol. The molecule has 1 aliphatic carbocycles. The van der Waals surface area contributed by atoms with Gasteiger partial charge < -0.3 is 10.2 Å². The molecule has 2 heteroatoms. The van der Waals surface area contributed by atoms with Gasteiger partial charge in [-0.3, -0.25) is 0 Å². The quantitative estimate of drug-likeness (QED) is 0.894. The fourth-order valence-electron chi connectivity index (χ4n) is 3.72. The molecule has 1 aliphatic heterocycles. The van der Waals surface area contributed by atoms with Gasteiger partial charge in [0.05, 0.1) is 0 Å². The largest absolute Gasteiger partial charge is 0.374 e. The summed E-state index contributed by atoms with van der Waals surface area (Å²) in [7, 11) is 2.28. The Kier molecular flexibility index (Phi) is 4.07. The van der Waals surface area contributed by atoms with Gasteiger partial charge >= 0.3 is 0 Å². The van der Waals surface area contributed by atoms with Crippen molar-refractivity contribution < 1.29 is 0 Å². The van der Waals surface area contributed by atoms with Crippen molar-refractivity contribution in [2.45, 2.75) is 45.1 Å². The van der Waals surface area contributed by atoms with Gasteiger partial charge in [-0.25, -0.2) is 0 Å². The van der Waals surface area contributed by atoms with Crippen molar-refractivity contribution in [1.29, 1.82) is 0 Å². The highest BCUT2D eigenvalue weighted by atomic mass is 15.1. The maximum absolute atomic E-state index is 3.47. The topological polar surface area (TPSA) is 15.3 Å². The van der Waals surface area contributed by atoms with E-state index in [4.69, 9.17) is 0 Å². The van der Waals surface area contributed by atoms with Gasteiger partial charge in [-0.15, -0.1) is 0 Å². The summed E-state index contributed by atoms with van der Waals surface area (Å²) in [4.78, 5) is 2.51. The lowest BCUT2D eigenvalue weighted by Gasteiger charge is -2.31. The highest BCUT2D eigenvalue weighted by Gasteiger charge is 2.19. The molecule has 2 aliphatic rings. The van der Waals surface area contributed by atoms with E-state index in [2.05, 4.69) is 35.5 Å². The van der Waals surface area contributed by atoms with E-state index in [9.17, 15) is 0 Å². The summed E-state index contributed by atoms with van der Waals surface area (Å²) < 4.78 is 0. The smallest absolute Gasteiger partial charge is 0.0400 e. The summed E-state index contributed by atoms with van der Waals surface area (Å²) in [6.07, 6.45) is 8.37. The minimum atomic E-state index is 0.913. The molecule has 1 aromatic carbocycles. The Hall–Kier alpha value is -1.02. The standard InChI is InChI=1S/C17H26N2/c1-19(13-14-6-3-2-4-7-14)17-9-5-8-15-12-18-11-10-16(15)17/h5,8-9,14,18H,2-4,6-7,10-13H2,1H3. The second kappa shape index (κ2) is 5.96. The number of hydrogen-bond acceptors (Lipinski definition) is 2. The van der Waals surface area contributed by atoms with Gasteiger partial charge in [-0.2, -0.15) is 0 Å². The highest BCUT2D eigenvalue weighted by Crippen LogP contribution is 2.29. The lowest BCUT2D eigenvalue weighted by Crippen LogP contribution is -2.30. The van der Waals surface area contributed by atoms with Gasteiger partial charge in [-0.1, -0.05) is 31.4 Å². The third-order valence-corrected chi connectivity index (χ3v) is 4.78. The molecule has 1 heterocycles. The number of nitrogens with zero attached hydrogens (tertiary/aromatic N) is 1. The summed E-state index contributed by atoms with van der Waals surface area (Å²) in [5.41, 5.74) is 4.56. The van der Waals surface area contributed by atoms with Gasteiger partial charge in [0, 0.05) is 25.8 Å². The van der Waals surface area contributed by atoms with E-state index in [1.807, 2.05) is 0 Å². The first-order valence-corrected chi connectivity index (χ1v) is 7.87. The van der Waals surface area contributed by atoms with E-state index in [-0.39, 0.29) is 0 Å². The maximum Gasteiger partial charge on any atom is 0.0400 e. The van der Waals surface area contributed by atoms with Gasteiger partial charge in [0.15, 0.2) is 0 Å². The summed E-state index contributed by atoms with van der Waals surface area (Å²) in [5.74, 6) is 0.913. The maximum atomic E-state index is 3.47. The molecule has 0 aromatic heterocycles. The Morgan fingerprint density at radius 1 is 1.21 bits per heavy atom. The van der Waals surface area contributed by atoms with Gasteiger partial charge in [0.2, 0.25) is 0 Å². The Morgan fingerprint density at radius 3 is 2.89 bits per heavy atom. The van der Waals surface area contributed by atoms with E-state index in [0.29, 0.717) is 0 Å². The number of fused-ring (bicyclic) bond motifs is 1. The molecule has 0 unspecified atom stereocenters. The summed E-state index contributed by atoms with van der Waals surface area (Å²) >= 11 is 0. The minimum absolute atomic E-state index is 0.913. The van der Waals surface area contributed by atoms with Crippen molar-refractivity contribution >= 4 is 5.69 Å². The number of benzene rings is 1. The van der Waals surface area contributed by atoms with Crippen molar-refractivity contribution in [3.63, 3.8) is 0 Å². The van der Waals surface area contributed by atoms with Crippen LogP contribution >= 0.6 is 0 Å². The zero-order valence-corrected chi connectivity index (χ0v) is 12.1. The molecule has 3 rings (SSSR count). The molecule has 1 N–H and O–H groups in total. The first-order valence-electron chi connectivity index (χ1n) is 7.87. The Morgan fingerprint density at radius 2 is 2.05 bits per heavy atom. The van der Waals surface area contributed by atoms with Crippen LogP contribution < -0.4 is 10.2 Å². The van der Waals surface area contributed by atoms with Crippen LogP contribution in [-0.4, -0.2) is 20.1 Å². The van der Waals surface area contributed by atoms with Gasteiger partial charge in [0.1, 0.15) is 0 Å². The van der Waals surface area contributed by atoms with Crippen LogP contribution in [0.5, 0.6) is 0 Å². The second-order valence-electron chi connectivity index (χ2n) is 6.23. The van der Waals surface area contributed by atoms with Crippen molar-refractivity contribution in [3.8, 4) is 0 Å². The van der Waals surface area contributed by atoms with E-state index in [1.54, 1.807) is 5.56 Å². The van der Waals surface area contributed by atoms with Gasteiger partial charge in [0.25, 0.3) is 0 Å². The first kappa shape index (κ1) is 13.0. The molecule has 1 aromatic rings. The van der Waals surface area contributed by atoms with Crippen LogP contribution in [0.1, 0.15) is 43.2 Å². The predicted molar refractivity (Wildman–Crippen MR) is 81.7 cm³/mol. The zero-order valence-electron chi connectivity index (χ0n) is 12.1. The fraction of sp³-hybridized carbons (Fsp3) is 0.647. The van der Waals surface area contributed by atoms with Crippen LogP contribution in [0.3, 0.4) is 0 Å². The van der Waals surface area contributed by atoms with E-state index in [1.165, 1.54) is 56.3 Å². The highest BCUT2D eigenvalue weighted by molar-refractivity contribution is 5.57. The Balaban J connectivity index is 1.73. The number of anilines is 1. The molecule has 1 fully saturated rings. The van der Waals surface area contributed by atoms with Crippen molar-refractivity contribution in [3.05, 3.63) is 29.3 Å². The van der Waals surface area contributed by atoms with Crippen molar-refractivity contribution in [2.24, 2.45) is 5.92 Å². The number of nitrogens with one attached hydrogen (secondary N) is 1. The molecule has 0 radical (unpaired) electrons. The van der Waals surface area contributed by atoms with Crippen LogP contribution in [-0.2, 0) is 13.0 Å². The normalized spacial score (nSPS) is 20.1. The molecular weight excluding hydrogens is 232 g/mol. The third-order valence-electron chi connectivity index (χ3n) is 4.78. The summed E-state index contributed by atoms with van der Waals surface area (Å²) in [6, 6.07) is 6.81. The molecule has 104 valence electrons. The fourth-order valence-corrected chi connectivity index (χ4v) is 3.72. The summed E-state index contributed by atoms with van der Waals surface area (Å²) in [6.45, 7) is 3.41. The average molecular weight is 258 g/mol. The van der Waals surface area contributed by atoms with E-state index >= 15 is 0 Å². The third kappa shape index (κ3) is 2.94. The van der Waals surface area contributed by atoms with E-state index < -0.39 is 0 Å². The average Bonchev–Trinajstić information content (AvgIpc) is 2.47. The molecular formula is C17H26N2. The second-order valence-corrected chi connectivity index (χ2v) is 6.23. The molecule has 0 atom stereocenters.